The molecular formula is C32H25FN6O4. The molecule has 11 heteroatoms. The van der Waals surface area contributed by atoms with Crippen LogP contribution in [0.2, 0.25) is 0 Å². The number of carbonyl (C=O) groups is 3. The number of fused-ring (bicyclic) bond motifs is 2. The summed E-state index contributed by atoms with van der Waals surface area (Å²) in [5, 5.41) is 17.6. The average Bonchev–Trinajstić information content (AvgIpc) is 3.72. The highest BCUT2D eigenvalue weighted by Gasteiger charge is 2.55. The quantitative estimate of drug-likeness (QED) is 0.311. The summed E-state index contributed by atoms with van der Waals surface area (Å²) in [6.07, 6.45) is 0.463. The van der Waals surface area contributed by atoms with E-state index in [4.69, 9.17) is 9.84 Å². The minimum atomic E-state index is -1.12. The number of hydrazone groups is 1. The van der Waals surface area contributed by atoms with Crippen LogP contribution in [-0.2, 0) is 14.4 Å². The monoisotopic (exact) mass is 576 g/mol. The van der Waals surface area contributed by atoms with Crippen LogP contribution in [0, 0.1) is 5.82 Å². The molecule has 214 valence electrons. The maximum Gasteiger partial charge on any atom is 0.264 e. The molecule has 0 saturated carbocycles. The van der Waals surface area contributed by atoms with Crippen molar-refractivity contribution in [3.63, 3.8) is 0 Å². The number of nitrogens with zero attached hydrogens (tertiary/aromatic N) is 6. The summed E-state index contributed by atoms with van der Waals surface area (Å²) in [7, 11) is 1.59. The summed E-state index contributed by atoms with van der Waals surface area (Å²) in [5.41, 5.74) is 2.64. The Hall–Kier alpha value is -5.45. The lowest BCUT2D eigenvalue weighted by Crippen LogP contribution is -2.44. The first kappa shape index (κ1) is 26.4. The van der Waals surface area contributed by atoms with Gasteiger partial charge in [0.15, 0.2) is 12.1 Å². The van der Waals surface area contributed by atoms with Gasteiger partial charge in [0.05, 0.1) is 24.6 Å². The topological polar surface area (TPSA) is 107 Å². The second kappa shape index (κ2) is 10.4. The van der Waals surface area contributed by atoms with Gasteiger partial charge in [-0.25, -0.2) is 14.3 Å². The van der Waals surface area contributed by atoms with Crippen molar-refractivity contribution in [2.24, 2.45) is 15.4 Å². The lowest BCUT2D eigenvalue weighted by atomic mass is 9.95. The van der Waals surface area contributed by atoms with Crippen LogP contribution in [0.5, 0.6) is 5.75 Å². The largest absolute Gasteiger partial charge is 0.497 e. The third-order valence-electron chi connectivity index (χ3n) is 7.99. The van der Waals surface area contributed by atoms with E-state index in [2.05, 4.69) is 10.3 Å². The second-order valence-corrected chi connectivity index (χ2v) is 10.5. The van der Waals surface area contributed by atoms with Crippen molar-refractivity contribution in [1.29, 1.82) is 0 Å². The van der Waals surface area contributed by atoms with E-state index in [-0.39, 0.29) is 12.2 Å². The molecular weight excluding hydrogens is 551 g/mol. The molecule has 1 fully saturated rings. The molecule has 3 heterocycles. The van der Waals surface area contributed by atoms with Crippen LogP contribution < -0.4 is 9.64 Å². The van der Waals surface area contributed by atoms with Crippen LogP contribution in [0.4, 0.5) is 10.1 Å². The summed E-state index contributed by atoms with van der Waals surface area (Å²) >= 11 is 0. The Morgan fingerprint density at radius 2 is 1.72 bits per heavy atom. The number of amides is 3. The molecule has 3 amide bonds. The van der Waals surface area contributed by atoms with E-state index in [1.165, 1.54) is 28.2 Å². The van der Waals surface area contributed by atoms with E-state index in [1.54, 1.807) is 7.11 Å². The van der Waals surface area contributed by atoms with Crippen LogP contribution >= 0.6 is 0 Å². The number of rotatable bonds is 6. The molecule has 3 aliphatic rings. The Bertz CT molecular complexity index is 1840. The predicted molar refractivity (Wildman–Crippen MR) is 156 cm³/mol. The number of carbonyl (C=O) groups excluding carboxylic acids is 3. The van der Waals surface area contributed by atoms with Gasteiger partial charge in [0.1, 0.15) is 18.1 Å². The molecule has 3 unspecified atom stereocenters. The number of hydrogen-bond acceptors (Lipinski definition) is 8. The van der Waals surface area contributed by atoms with E-state index in [0.29, 0.717) is 12.2 Å². The highest BCUT2D eigenvalue weighted by molar-refractivity contribution is 6.25. The number of hydrogen-bond donors (Lipinski definition) is 0. The summed E-state index contributed by atoms with van der Waals surface area (Å²) in [6, 6.07) is 24.0. The smallest absolute Gasteiger partial charge is 0.264 e. The van der Waals surface area contributed by atoms with Gasteiger partial charge in [0.2, 0.25) is 0 Å². The molecule has 0 bridgehead atoms. The zero-order chi connectivity index (χ0) is 29.7. The molecule has 0 radical (unpaired) electrons. The van der Waals surface area contributed by atoms with E-state index >= 15 is 0 Å². The van der Waals surface area contributed by atoms with Crippen LogP contribution in [0.3, 0.4) is 0 Å². The van der Waals surface area contributed by atoms with Gasteiger partial charge in [-0.1, -0.05) is 65.9 Å². The molecule has 4 aromatic carbocycles. The third-order valence-corrected chi connectivity index (χ3v) is 7.99. The van der Waals surface area contributed by atoms with Gasteiger partial charge >= 0.3 is 0 Å². The van der Waals surface area contributed by atoms with Gasteiger partial charge in [-0.15, -0.1) is 0 Å². The summed E-state index contributed by atoms with van der Waals surface area (Å²) < 4.78 is 19.2. The van der Waals surface area contributed by atoms with Crippen molar-refractivity contribution in [1.82, 2.24) is 10.0 Å². The van der Waals surface area contributed by atoms with Gasteiger partial charge < -0.3 is 4.74 Å². The molecule has 7 rings (SSSR count). The zero-order valence-electron chi connectivity index (χ0n) is 23.0. The van der Waals surface area contributed by atoms with Crippen LogP contribution in [-0.4, -0.2) is 59.2 Å². The first-order valence-electron chi connectivity index (χ1n) is 13.8. The van der Waals surface area contributed by atoms with Gasteiger partial charge in [-0.2, -0.15) is 10.2 Å². The Kier molecular flexibility index (Phi) is 6.42. The summed E-state index contributed by atoms with van der Waals surface area (Å²) in [5.74, 6) is -1.55. The van der Waals surface area contributed by atoms with Gasteiger partial charge in [0, 0.05) is 12.0 Å². The first-order valence-corrected chi connectivity index (χ1v) is 13.8. The van der Waals surface area contributed by atoms with E-state index in [1.807, 2.05) is 66.7 Å². The Labute approximate surface area is 245 Å². The van der Waals surface area contributed by atoms with Crippen LogP contribution in [0.25, 0.3) is 10.8 Å². The van der Waals surface area contributed by atoms with Gasteiger partial charge in [-0.05, 0) is 46.7 Å². The maximum atomic E-state index is 13.9. The fraction of sp³-hybridized carbons (Fsp3) is 0.188. The average molecular weight is 577 g/mol. The van der Waals surface area contributed by atoms with Crippen molar-refractivity contribution in [2.45, 2.75) is 24.5 Å². The van der Waals surface area contributed by atoms with Crippen molar-refractivity contribution in [2.75, 3.05) is 18.6 Å². The van der Waals surface area contributed by atoms with Crippen molar-refractivity contribution < 1.29 is 23.5 Å². The molecule has 0 aliphatic carbocycles. The SMILES string of the molecule is COc1ccc(C2CC(c3cccc4ccccc34)=NN2C(=O)CN2N=NC3C(=O)N(c4cccc(F)c4)C(=O)C32)cc1. The van der Waals surface area contributed by atoms with Gasteiger partial charge in [-0.3, -0.25) is 19.4 Å². The summed E-state index contributed by atoms with van der Waals surface area (Å²) in [4.78, 5) is 41.3. The fourth-order valence-electron chi connectivity index (χ4n) is 5.90. The van der Waals surface area contributed by atoms with E-state index in [9.17, 15) is 18.8 Å². The summed E-state index contributed by atoms with van der Waals surface area (Å²) in [6.45, 7) is -0.334. The number of ether oxygens (including phenoxy) is 1. The third kappa shape index (κ3) is 4.49. The number of imide groups is 1. The molecule has 10 nitrogen and oxygen atoms in total. The van der Waals surface area contributed by atoms with E-state index < -0.39 is 41.7 Å². The maximum absolute atomic E-state index is 13.9. The molecule has 0 aromatic heterocycles. The number of anilines is 1. The normalized spacial score (nSPS) is 21.1. The minimum absolute atomic E-state index is 0.106. The van der Waals surface area contributed by atoms with Crippen LogP contribution in [0.15, 0.2) is 106 Å². The van der Waals surface area contributed by atoms with E-state index in [0.717, 1.165) is 38.6 Å². The molecule has 1 saturated heterocycles. The number of methoxy groups -OCH3 is 1. The molecule has 43 heavy (non-hydrogen) atoms. The van der Waals surface area contributed by atoms with Crippen molar-refractivity contribution >= 4 is 39.9 Å². The molecule has 3 aliphatic heterocycles. The molecule has 0 N–H and O–H groups in total. The van der Waals surface area contributed by atoms with Crippen molar-refractivity contribution in [3.05, 3.63) is 108 Å². The minimum Gasteiger partial charge on any atom is -0.497 e. The zero-order valence-corrected chi connectivity index (χ0v) is 23.0. The lowest BCUT2D eigenvalue weighted by molar-refractivity contribution is -0.135. The number of halogens is 1. The highest BCUT2D eigenvalue weighted by atomic mass is 19.1. The molecule has 0 spiro atoms. The van der Waals surface area contributed by atoms with Crippen LogP contribution in [0.1, 0.15) is 23.6 Å². The Balaban J connectivity index is 1.19. The lowest BCUT2D eigenvalue weighted by Gasteiger charge is -2.25. The van der Waals surface area contributed by atoms with Crippen molar-refractivity contribution in [3.8, 4) is 5.75 Å². The standard InChI is InChI=1S/C32H25FN6O4/c1-43-23-14-12-20(13-15-23)27-17-26(25-11-4-7-19-6-2-3-10-24(19)25)35-39(27)28(40)18-37-30-29(34-36-37)31(41)38(32(30)42)22-9-5-8-21(33)16-22/h2-16,27,29-30H,17-18H2,1H3. The predicted octanol–water partition coefficient (Wildman–Crippen LogP) is 4.66. The molecule has 3 atom stereocenters. The Morgan fingerprint density at radius 1 is 0.953 bits per heavy atom. The molecule has 4 aromatic rings. The van der Waals surface area contributed by atoms with Gasteiger partial charge in [0.25, 0.3) is 17.7 Å². The second-order valence-electron chi connectivity index (χ2n) is 10.5. The first-order chi connectivity index (χ1) is 20.9. The number of benzene rings is 4. The fourth-order valence-corrected chi connectivity index (χ4v) is 5.90. The highest BCUT2D eigenvalue weighted by Crippen LogP contribution is 2.37. The Morgan fingerprint density at radius 3 is 2.51 bits per heavy atom.